The van der Waals surface area contributed by atoms with Gasteiger partial charge in [0.1, 0.15) is 5.75 Å². The summed E-state index contributed by atoms with van der Waals surface area (Å²) in [5, 5.41) is 4.20. The summed E-state index contributed by atoms with van der Waals surface area (Å²) in [5.74, 6) is 0.967. The second-order valence-electron chi connectivity index (χ2n) is 5.53. The molecule has 1 atom stereocenters. The van der Waals surface area contributed by atoms with Crippen LogP contribution in [0.15, 0.2) is 48.5 Å². The summed E-state index contributed by atoms with van der Waals surface area (Å²) in [6.45, 7) is 0. The molecule has 3 heteroatoms. The molecule has 0 radical (unpaired) electrons. The Kier molecular flexibility index (Phi) is 4.47. The van der Waals surface area contributed by atoms with Crippen molar-refractivity contribution in [1.29, 1.82) is 0 Å². The lowest BCUT2D eigenvalue weighted by Gasteiger charge is -2.18. The number of nitrogens with one attached hydrogen (secondary N) is 1. The fourth-order valence-corrected chi connectivity index (χ4v) is 2.67. The van der Waals surface area contributed by atoms with Gasteiger partial charge in [0, 0.05) is 11.1 Å². The largest absolute Gasteiger partial charge is 0.490 e. The van der Waals surface area contributed by atoms with Gasteiger partial charge in [0.25, 0.3) is 0 Å². The van der Waals surface area contributed by atoms with Gasteiger partial charge in [-0.15, -0.1) is 0 Å². The first kappa shape index (κ1) is 14.4. The van der Waals surface area contributed by atoms with Crippen LogP contribution < -0.4 is 10.1 Å². The Balaban J connectivity index is 1.77. The first-order valence-corrected chi connectivity index (χ1v) is 7.81. The highest BCUT2D eigenvalue weighted by molar-refractivity contribution is 6.31. The summed E-state index contributed by atoms with van der Waals surface area (Å²) in [6, 6.07) is 16.6. The Bertz CT molecular complexity index is 610. The van der Waals surface area contributed by atoms with Crippen molar-refractivity contribution in [3.05, 3.63) is 64.7 Å². The van der Waals surface area contributed by atoms with Crippen molar-refractivity contribution in [3.8, 4) is 5.75 Å². The zero-order valence-electron chi connectivity index (χ0n) is 12.2. The third-order valence-electron chi connectivity index (χ3n) is 3.82. The molecule has 110 valence electrons. The fraction of sp³-hybridized carbons (Fsp3) is 0.333. The average Bonchev–Trinajstić information content (AvgIpc) is 3.31. The molecule has 3 rings (SSSR count). The molecular formula is C18H20ClNO. The molecule has 21 heavy (non-hydrogen) atoms. The molecule has 0 spiro atoms. The zero-order chi connectivity index (χ0) is 14.7. The second kappa shape index (κ2) is 6.50. The van der Waals surface area contributed by atoms with Gasteiger partial charge in [-0.05, 0) is 55.6 Å². The van der Waals surface area contributed by atoms with Crippen molar-refractivity contribution in [2.45, 2.75) is 31.4 Å². The fourth-order valence-electron chi connectivity index (χ4n) is 2.45. The molecule has 0 aromatic heterocycles. The van der Waals surface area contributed by atoms with E-state index in [1.807, 2.05) is 31.3 Å². The maximum Gasteiger partial charge on any atom is 0.120 e. The van der Waals surface area contributed by atoms with Crippen LogP contribution in [0.4, 0.5) is 0 Å². The maximum absolute atomic E-state index is 6.27. The lowest BCUT2D eigenvalue weighted by molar-refractivity contribution is 0.302. The predicted octanol–water partition coefficient (Wildman–Crippen LogP) is 4.38. The minimum Gasteiger partial charge on any atom is -0.490 e. The molecule has 2 aromatic carbocycles. The quantitative estimate of drug-likeness (QED) is 0.854. The molecule has 0 bridgehead atoms. The normalized spacial score (nSPS) is 15.7. The maximum atomic E-state index is 6.27. The average molecular weight is 302 g/mol. The SMILES string of the molecule is CNC(Cc1ccccc1Cl)c1cccc(OC2CC2)c1. The summed E-state index contributed by atoms with van der Waals surface area (Å²) < 4.78 is 5.88. The van der Waals surface area contributed by atoms with Crippen molar-refractivity contribution in [2.24, 2.45) is 0 Å². The van der Waals surface area contributed by atoms with Crippen LogP contribution >= 0.6 is 11.6 Å². The third-order valence-corrected chi connectivity index (χ3v) is 4.19. The number of ether oxygens (including phenoxy) is 1. The van der Waals surface area contributed by atoms with Gasteiger partial charge < -0.3 is 10.1 Å². The van der Waals surface area contributed by atoms with E-state index < -0.39 is 0 Å². The van der Waals surface area contributed by atoms with Gasteiger partial charge in [-0.1, -0.05) is 41.9 Å². The number of halogens is 1. The Morgan fingerprint density at radius 1 is 1.19 bits per heavy atom. The number of hydrogen-bond acceptors (Lipinski definition) is 2. The van der Waals surface area contributed by atoms with Crippen LogP contribution in [0.25, 0.3) is 0 Å². The molecular weight excluding hydrogens is 282 g/mol. The lowest BCUT2D eigenvalue weighted by atomic mass is 9.99. The lowest BCUT2D eigenvalue weighted by Crippen LogP contribution is -2.19. The van der Waals surface area contributed by atoms with E-state index in [0.29, 0.717) is 6.10 Å². The summed E-state index contributed by atoms with van der Waals surface area (Å²) >= 11 is 6.27. The number of rotatable bonds is 6. The van der Waals surface area contributed by atoms with E-state index in [2.05, 4.69) is 29.6 Å². The molecule has 1 fully saturated rings. The monoisotopic (exact) mass is 301 g/mol. The van der Waals surface area contributed by atoms with Gasteiger partial charge in [0.05, 0.1) is 6.10 Å². The highest BCUT2D eigenvalue weighted by Crippen LogP contribution is 2.29. The third kappa shape index (κ3) is 3.78. The van der Waals surface area contributed by atoms with Crippen LogP contribution in [0.5, 0.6) is 5.75 Å². The Hall–Kier alpha value is -1.51. The first-order valence-electron chi connectivity index (χ1n) is 7.43. The predicted molar refractivity (Wildman–Crippen MR) is 87.0 cm³/mol. The molecule has 0 aliphatic heterocycles. The smallest absolute Gasteiger partial charge is 0.120 e. The van der Waals surface area contributed by atoms with E-state index >= 15 is 0 Å². The highest BCUT2D eigenvalue weighted by atomic mass is 35.5. The molecule has 0 saturated heterocycles. The van der Waals surface area contributed by atoms with Gasteiger partial charge >= 0.3 is 0 Å². The minimum atomic E-state index is 0.229. The van der Waals surface area contributed by atoms with Crippen LogP contribution in [0, 0.1) is 0 Å². The zero-order valence-corrected chi connectivity index (χ0v) is 12.9. The van der Waals surface area contributed by atoms with Crippen molar-refractivity contribution in [1.82, 2.24) is 5.32 Å². The summed E-state index contributed by atoms with van der Waals surface area (Å²) in [4.78, 5) is 0. The van der Waals surface area contributed by atoms with Crippen molar-refractivity contribution >= 4 is 11.6 Å². The first-order chi connectivity index (χ1) is 10.3. The molecule has 1 unspecified atom stereocenters. The van der Waals surface area contributed by atoms with Crippen LogP contribution in [0.2, 0.25) is 5.02 Å². The van der Waals surface area contributed by atoms with Crippen LogP contribution in [-0.2, 0) is 6.42 Å². The highest BCUT2D eigenvalue weighted by Gasteiger charge is 2.23. The van der Waals surface area contributed by atoms with Crippen molar-refractivity contribution in [2.75, 3.05) is 7.05 Å². The van der Waals surface area contributed by atoms with Crippen LogP contribution in [-0.4, -0.2) is 13.2 Å². The number of likely N-dealkylation sites (N-methyl/N-ethyl adjacent to an activating group) is 1. The summed E-state index contributed by atoms with van der Waals surface area (Å²) in [6.07, 6.45) is 3.65. The Morgan fingerprint density at radius 2 is 2.00 bits per heavy atom. The molecule has 1 aliphatic carbocycles. The molecule has 1 N–H and O–H groups in total. The minimum absolute atomic E-state index is 0.229. The molecule has 2 aromatic rings. The Labute approximate surface area is 131 Å². The Morgan fingerprint density at radius 3 is 2.71 bits per heavy atom. The molecule has 1 saturated carbocycles. The van der Waals surface area contributed by atoms with E-state index in [9.17, 15) is 0 Å². The molecule has 1 aliphatic rings. The van der Waals surface area contributed by atoms with Crippen LogP contribution in [0.1, 0.15) is 30.0 Å². The summed E-state index contributed by atoms with van der Waals surface area (Å²) in [5.41, 5.74) is 2.39. The summed E-state index contributed by atoms with van der Waals surface area (Å²) in [7, 11) is 1.98. The standard InChI is InChI=1S/C18H20ClNO/c1-20-18(12-13-5-2-3-8-17(13)19)14-6-4-7-16(11-14)21-15-9-10-15/h2-8,11,15,18,20H,9-10,12H2,1H3. The van der Waals surface area contributed by atoms with Crippen molar-refractivity contribution in [3.63, 3.8) is 0 Å². The number of benzene rings is 2. The van der Waals surface area contributed by atoms with Gasteiger partial charge in [-0.2, -0.15) is 0 Å². The van der Waals surface area contributed by atoms with E-state index in [4.69, 9.17) is 16.3 Å². The van der Waals surface area contributed by atoms with Crippen molar-refractivity contribution < 1.29 is 4.74 Å². The topological polar surface area (TPSA) is 21.3 Å². The van der Waals surface area contributed by atoms with E-state index in [1.54, 1.807) is 0 Å². The van der Waals surface area contributed by atoms with E-state index in [-0.39, 0.29) is 6.04 Å². The van der Waals surface area contributed by atoms with Gasteiger partial charge in [0.15, 0.2) is 0 Å². The van der Waals surface area contributed by atoms with Gasteiger partial charge in [-0.3, -0.25) is 0 Å². The van der Waals surface area contributed by atoms with E-state index in [0.717, 1.165) is 22.8 Å². The second-order valence-corrected chi connectivity index (χ2v) is 5.93. The van der Waals surface area contributed by atoms with Crippen LogP contribution in [0.3, 0.4) is 0 Å². The van der Waals surface area contributed by atoms with Gasteiger partial charge in [-0.25, -0.2) is 0 Å². The number of hydrogen-bond donors (Lipinski definition) is 1. The molecule has 0 heterocycles. The molecule has 0 amide bonds. The molecule has 2 nitrogen and oxygen atoms in total. The van der Waals surface area contributed by atoms with E-state index in [1.165, 1.54) is 18.4 Å². The van der Waals surface area contributed by atoms with Gasteiger partial charge in [0.2, 0.25) is 0 Å².